The highest BCUT2D eigenvalue weighted by Crippen LogP contribution is 2.23. The zero-order valence-corrected chi connectivity index (χ0v) is 11.6. The molecule has 2 rings (SSSR count). The third-order valence-corrected chi connectivity index (χ3v) is 3.03. The first-order valence-electron chi connectivity index (χ1n) is 5.54. The monoisotopic (exact) mass is 313 g/mol. The van der Waals surface area contributed by atoms with Crippen LogP contribution in [0, 0.1) is 5.82 Å². The predicted molar refractivity (Wildman–Crippen MR) is 78.6 cm³/mol. The van der Waals surface area contributed by atoms with Gasteiger partial charge in [-0.1, -0.05) is 23.2 Å². The highest BCUT2D eigenvalue weighted by molar-refractivity contribution is 6.31. The van der Waals surface area contributed by atoms with Crippen LogP contribution in [0.3, 0.4) is 0 Å². The largest absolute Gasteiger partial charge is 0.323 e. The summed E-state index contributed by atoms with van der Waals surface area (Å²) < 4.78 is 13.6. The summed E-state index contributed by atoms with van der Waals surface area (Å²) in [6, 6.07) is 8.51. The first kappa shape index (κ1) is 14.6. The van der Waals surface area contributed by atoms with Crippen molar-refractivity contribution in [2.45, 2.75) is 0 Å². The van der Waals surface area contributed by atoms with E-state index < -0.39 is 11.7 Å². The van der Waals surface area contributed by atoms with Gasteiger partial charge in [-0.15, -0.1) is 0 Å². The molecule has 4 N–H and O–H groups in total. The summed E-state index contributed by atoms with van der Waals surface area (Å²) in [5.41, 5.74) is 2.97. The number of nitrogen functional groups attached to an aromatic ring is 1. The summed E-state index contributed by atoms with van der Waals surface area (Å²) in [5, 5.41) is 3.04. The maximum absolute atomic E-state index is 13.6. The highest BCUT2D eigenvalue weighted by atomic mass is 35.5. The van der Waals surface area contributed by atoms with Gasteiger partial charge in [0.25, 0.3) is 5.91 Å². The minimum absolute atomic E-state index is 0.0161. The van der Waals surface area contributed by atoms with Gasteiger partial charge in [0.15, 0.2) is 0 Å². The van der Waals surface area contributed by atoms with E-state index in [0.717, 1.165) is 6.07 Å². The molecule has 0 aliphatic carbocycles. The molecule has 1 amide bonds. The Balaban J connectivity index is 2.30. The highest BCUT2D eigenvalue weighted by Gasteiger charge is 2.14. The van der Waals surface area contributed by atoms with Crippen molar-refractivity contribution in [1.29, 1.82) is 0 Å². The SMILES string of the molecule is NNc1ccc(Cl)cc1C(=O)Nc1ccc(Cl)cc1F. The van der Waals surface area contributed by atoms with E-state index >= 15 is 0 Å². The van der Waals surface area contributed by atoms with Crippen LogP contribution in [-0.4, -0.2) is 5.91 Å². The summed E-state index contributed by atoms with van der Waals surface area (Å²) in [6.45, 7) is 0. The van der Waals surface area contributed by atoms with Gasteiger partial charge >= 0.3 is 0 Å². The van der Waals surface area contributed by atoms with Crippen molar-refractivity contribution in [3.63, 3.8) is 0 Å². The van der Waals surface area contributed by atoms with Crippen molar-refractivity contribution >= 4 is 40.5 Å². The second kappa shape index (κ2) is 6.09. The predicted octanol–water partition coefficient (Wildman–Crippen LogP) is 3.67. The van der Waals surface area contributed by atoms with Crippen LogP contribution in [0.5, 0.6) is 0 Å². The molecule has 0 saturated heterocycles. The van der Waals surface area contributed by atoms with E-state index in [1.165, 1.54) is 18.2 Å². The van der Waals surface area contributed by atoms with Crippen molar-refractivity contribution in [2.75, 3.05) is 10.7 Å². The fourth-order valence-corrected chi connectivity index (χ4v) is 1.94. The Hall–Kier alpha value is -1.82. The van der Waals surface area contributed by atoms with Gasteiger partial charge in [-0.3, -0.25) is 10.6 Å². The average Bonchev–Trinajstić information content (AvgIpc) is 2.41. The maximum Gasteiger partial charge on any atom is 0.257 e. The Kier molecular flexibility index (Phi) is 4.44. The molecule has 0 bridgehead atoms. The molecule has 0 aliphatic rings. The number of amides is 1. The number of hydrogen-bond donors (Lipinski definition) is 3. The van der Waals surface area contributed by atoms with E-state index in [-0.39, 0.29) is 16.3 Å². The number of carbonyl (C=O) groups excluding carboxylic acids is 1. The molecule has 0 saturated carbocycles. The van der Waals surface area contributed by atoms with Gasteiger partial charge < -0.3 is 10.7 Å². The molecule has 0 spiro atoms. The van der Waals surface area contributed by atoms with Gasteiger partial charge in [-0.25, -0.2) is 4.39 Å². The first-order chi connectivity index (χ1) is 9.51. The minimum atomic E-state index is -0.630. The molecule has 0 aromatic heterocycles. The summed E-state index contributed by atoms with van der Waals surface area (Å²) in [4.78, 5) is 12.1. The summed E-state index contributed by atoms with van der Waals surface area (Å²) in [7, 11) is 0. The van der Waals surface area contributed by atoms with E-state index in [0.29, 0.717) is 10.7 Å². The van der Waals surface area contributed by atoms with Gasteiger partial charge in [0, 0.05) is 10.0 Å². The number of halogens is 3. The number of hydrogen-bond acceptors (Lipinski definition) is 3. The molecule has 0 atom stereocenters. The number of rotatable bonds is 3. The van der Waals surface area contributed by atoms with Gasteiger partial charge in [0.2, 0.25) is 0 Å². The quantitative estimate of drug-likeness (QED) is 0.598. The molecule has 4 nitrogen and oxygen atoms in total. The zero-order chi connectivity index (χ0) is 14.7. The van der Waals surface area contributed by atoms with Crippen LogP contribution in [0.15, 0.2) is 36.4 Å². The Labute approximate surface area is 124 Å². The van der Waals surface area contributed by atoms with Crippen LogP contribution < -0.4 is 16.6 Å². The molecular formula is C13H10Cl2FN3O. The second-order valence-electron chi connectivity index (χ2n) is 3.91. The lowest BCUT2D eigenvalue weighted by molar-refractivity contribution is 0.102. The van der Waals surface area contributed by atoms with Crippen molar-refractivity contribution in [3.8, 4) is 0 Å². The third kappa shape index (κ3) is 3.19. The number of benzene rings is 2. The summed E-state index contributed by atoms with van der Waals surface area (Å²) in [5.74, 6) is 4.15. The maximum atomic E-state index is 13.6. The van der Waals surface area contributed by atoms with Crippen LogP contribution >= 0.6 is 23.2 Å². The molecule has 2 aromatic carbocycles. The number of nitrogens with two attached hydrogens (primary N) is 1. The topological polar surface area (TPSA) is 67.1 Å². The lowest BCUT2D eigenvalue weighted by Gasteiger charge is -2.10. The molecule has 7 heteroatoms. The van der Waals surface area contributed by atoms with Crippen molar-refractivity contribution in [2.24, 2.45) is 5.84 Å². The first-order valence-corrected chi connectivity index (χ1v) is 6.29. The van der Waals surface area contributed by atoms with E-state index in [1.54, 1.807) is 12.1 Å². The Bertz CT molecular complexity index is 664. The van der Waals surface area contributed by atoms with E-state index in [4.69, 9.17) is 29.0 Å². The van der Waals surface area contributed by atoms with Crippen LogP contribution in [0.1, 0.15) is 10.4 Å². The molecule has 104 valence electrons. The zero-order valence-electron chi connectivity index (χ0n) is 10.1. The summed E-state index contributed by atoms with van der Waals surface area (Å²) >= 11 is 11.5. The lowest BCUT2D eigenvalue weighted by atomic mass is 10.1. The normalized spacial score (nSPS) is 10.2. The number of carbonyl (C=O) groups is 1. The summed E-state index contributed by atoms with van der Waals surface area (Å²) in [6.07, 6.45) is 0. The number of anilines is 2. The number of nitrogens with one attached hydrogen (secondary N) is 2. The molecular weight excluding hydrogens is 304 g/mol. The van der Waals surface area contributed by atoms with Crippen LogP contribution in [0.25, 0.3) is 0 Å². The number of hydrazine groups is 1. The van der Waals surface area contributed by atoms with Gasteiger partial charge in [0.1, 0.15) is 5.82 Å². The molecule has 0 aliphatic heterocycles. The molecule has 0 heterocycles. The van der Waals surface area contributed by atoms with Crippen LogP contribution in [0.2, 0.25) is 10.0 Å². The second-order valence-corrected chi connectivity index (χ2v) is 4.79. The van der Waals surface area contributed by atoms with Gasteiger partial charge in [-0.05, 0) is 36.4 Å². The van der Waals surface area contributed by atoms with Gasteiger partial charge in [-0.2, -0.15) is 0 Å². The smallest absolute Gasteiger partial charge is 0.257 e. The minimum Gasteiger partial charge on any atom is -0.323 e. The van der Waals surface area contributed by atoms with E-state index in [1.807, 2.05) is 0 Å². The molecule has 20 heavy (non-hydrogen) atoms. The Morgan fingerprint density at radius 3 is 2.25 bits per heavy atom. The molecule has 0 fully saturated rings. The van der Waals surface area contributed by atoms with Crippen LogP contribution in [0.4, 0.5) is 15.8 Å². The molecule has 2 aromatic rings. The fraction of sp³-hybridized carbons (Fsp3) is 0. The van der Waals surface area contributed by atoms with E-state index in [2.05, 4.69) is 10.7 Å². The van der Waals surface area contributed by atoms with Crippen molar-refractivity contribution < 1.29 is 9.18 Å². The Morgan fingerprint density at radius 1 is 1.05 bits per heavy atom. The fourth-order valence-electron chi connectivity index (χ4n) is 1.61. The Morgan fingerprint density at radius 2 is 1.65 bits per heavy atom. The lowest BCUT2D eigenvalue weighted by Crippen LogP contribution is -2.17. The molecule has 0 radical (unpaired) electrons. The van der Waals surface area contributed by atoms with Crippen LogP contribution in [-0.2, 0) is 0 Å². The third-order valence-electron chi connectivity index (χ3n) is 2.56. The van der Waals surface area contributed by atoms with Crippen molar-refractivity contribution in [1.82, 2.24) is 0 Å². The van der Waals surface area contributed by atoms with Gasteiger partial charge in [0.05, 0.1) is 16.9 Å². The standard InChI is InChI=1S/C13H10Cl2FN3O/c14-7-1-3-11(19-17)9(5-7)13(20)18-12-4-2-8(15)6-10(12)16/h1-6,19H,17H2,(H,18,20). The molecule has 0 unspecified atom stereocenters. The van der Waals surface area contributed by atoms with E-state index in [9.17, 15) is 9.18 Å². The average molecular weight is 314 g/mol. The van der Waals surface area contributed by atoms with Crippen molar-refractivity contribution in [3.05, 3.63) is 57.8 Å².